The molecule has 13 aromatic rings. The van der Waals surface area contributed by atoms with Gasteiger partial charge in [0.2, 0.25) is 0 Å². The molecule has 4 nitrogen and oxygen atoms in total. The van der Waals surface area contributed by atoms with E-state index < -0.39 is 0 Å². The number of furan rings is 2. The summed E-state index contributed by atoms with van der Waals surface area (Å²) in [5.74, 6) is 0. The van der Waals surface area contributed by atoms with Crippen LogP contribution in [0.1, 0.15) is 0 Å². The van der Waals surface area contributed by atoms with E-state index in [4.69, 9.17) is 8.83 Å². The first-order valence-electron chi connectivity index (χ1n) is 20.2. The van der Waals surface area contributed by atoms with Gasteiger partial charge in [-0.25, -0.2) is 0 Å². The summed E-state index contributed by atoms with van der Waals surface area (Å²) in [5, 5.41) is 9.32. The van der Waals surface area contributed by atoms with Crippen LogP contribution in [-0.2, 0) is 0 Å². The molecule has 0 atom stereocenters. The van der Waals surface area contributed by atoms with Gasteiger partial charge in [-0.05, 0) is 114 Å². The summed E-state index contributed by atoms with van der Waals surface area (Å²) in [6, 6.07) is 69.6. The van der Waals surface area contributed by atoms with E-state index in [9.17, 15) is 0 Å². The lowest BCUT2D eigenvalue weighted by molar-refractivity contribution is 0.669. The lowest BCUT2D eigenvalue weighted by atomic mass is 9.94. The molecule has 13 rings (SSSR count). The summed E-state index contributed by atoms with van der Waals surface area (Å²) in [4.78, 5) is 0. The van der Waals surface area contributed by atoms with Crippen LogP contribution in [-0.4, -0.2) is 15.4 Å². The van der Waals surface area contributed by atoms with E-state index in [2.05, 4.69) is 198 Å². The number of para-hydroxylation sites is 5. The molecule has 0 spiro atoms. The number of fused-ring (bicyclic) bond motifs is 12. The molecular weight excluding hydrogens is 753 g/mol. The fourth-order valence-electron chi connectivity index (χ4n) is 9.49. The fourth-order valence-corrected chi connectivity index (χ4v) is 9.49. The van der Waals surface area contributed by atoms with Crippen molar-refractivity contribution in [2.24, 2.45) is 0 Å². The first kappa shape index (κ1) is 34.6. The van der Waals surface area contributed by atoms with Crippen LogP contribution in [0.2, 0.25) is 0 Å². The lowest BCUT2D eigenvalue weighted by Crippen LogP contribution is -1.93. The molecular formula is C55H36N2O2S. The molecule has 4 heterocycles. The summed E-state index contributed by atoms with van der Waals surface area (Å²) in [6.45, 7) is 0. The highest BCUT2D eigenvalue weighted by Gasteiger charge is 2.20. The molecule has 0 aliphatic rings. The van der Waals surface area contributed by atoms with E-state index >= 15 is 0 Å². The minimum absolute atomic E-state index is 0.886. The maximum absolute atomic E-state index is 6.73. The third-order valence-electron chi connectivity index (χ3n) is 12.1. The van der Waals surface area contributed by atoms with Crippen molar-refractivity contribution in [1.82, 2.24) is 9.13 Å². The molecule has 0 bridgehead atoms. The average Bonchev–Trinajstić information content (AvgIpc) is 4.07. The minimum atomic E-state index is 0.886. The molecule has 0 aliphatic heterocycles. The SMILES string of the molecule is CS.c1ccc(-n2c3ccccc3c3cc(-c4cc(-c5ccc6c(c5)c5ccccc5n6-c5ccc6oc7ccccc7c6c5)c5oc6ccccc6c5c4)ccc32)cc1. The van der Waals surface area contributed by atoms with Gasteiger partial charge in [-0.3, -0.25) is 0 Å². The van der Waals surface area contributed by atoms with Gasteiger partial charge in [0.05, 0.1) is 22.1 Å². The number of aromatic nitrogens is 2. The zero-order valence-electron chi connectivity index (χ0n) is 32.6. The third kappa shape index (κ3) is 5.12. The third-order valence-corrected chi connectivity index (χ3v) is 12.1. The van der Waals surface area contributed by atoms with E-state index in [1.165, 1.54) is 32.6 Å². The number of thiol groups is 1. The highest BCUT2D eigenvalue weighted by Crippen LogP contribution is 2.43. The predicted molar refractivity (Wildman–Crippen MR) is 255 cm³/mol. The van der Waals surface area contributed by atoms with Crippen LogP contribution in [0.3, 0.4) is 0 Å². The second-order valence-corrected chi connectivity index (χ2v) is 15.3. The van der Waals surface area contributed by atoms with Crippen LogP contribution >= 0.6 is 12.6 Å². The summed E-state index contributed by atoms with van der Waals surface area (Å²) >= 11 is 3.53. The summed E-state index contributed by atoms with van der Waals surface area (Å²) in [5.41, 5.74) is 15.0. The molecule has 60 heavy (non-hydrogen) atoms. The Hall–Kier alpha value is -7.47. The lowest BCUT2D eigenvalue weighted by Gasteiger charge is -2.11. The molecule has 0 amide bonds. The molecule has 0 saturated carbocycles. The molecule has 0 unspecified atom stereocenters. The Morgan fingerprint density at radius 3 is 1.52 bits per heavy atom. The van der Waals surface area contributed by atoms with Crippen molar-refractivity contribution < 1.29 is 8.83 Å². The molecule has 9 aromatic carbocycles. The van der Waals surface area contributed by atoms with Crippen molar-refractivity contribution in [1.29, 1.82) is 0 Å². The van der Waals surface area contributed by atoms with Gasteiger partial charge in [-0.15, -0.1) is 0 Å². The first-order valence-corrected chi connectivity index (χ1v) is 21.1. The van der Waals surface area contributed by atoms with Gasteiger partial charge < -0.3 is 18.0 Å². The van der Waals surface area contributed by atoms with Gasteiger partial charge in [-0.1, -0.05) is 103 Å². The van der Waals surface area contributed by atoms with Crippen molar-refractivity contribution in [2.45, 2.75) is 0 Å². The number of nitrogens with zero attached hydrogens (tertiary/aromatic N) is 2. The zero-order valence-corrected chi connectivity index (χ0v) is 33.5. The van der Waals surface area contributed by atoms with Crippen molar-refractivity contribution in [3.8, 4) is 33.6 Å². The summed E-state index contributed by atoms with van der Waals surface area (Å²) in [6.07, 6.45) is 1.69. The van der Waals surface area contributed by atoms with E-state index in [1.54, 1.807) is 6.26 Å². The van der Waals surface area contributed by atoms with Gasteiger partial charge in [-0.2, -0.15) is 12.6 Å². The number of hydrogen-bond acceptors (Lipinski definition) is 3. The predicted octanol–water partition coefficient (Wildman–Crippen LogP) is 15.6. The summed E-state index contributed by atoms with van der Waals surface area (Å²) < 4.78 is 17.7. The van der Waals surface area contributed by atoms with Gasteiger partial charge in [0.25, 0.3) is 0 Å². The second-order valence-electron chi connectivity index (χ2n) is 15.3. The Morgan fingerprint density at radius 2 is 0.817 bits per heavy atom. The minimum Gasteiger partial charge on any atom is -0.456 e. The highest BCUT2D eigenvalue weighted by atomic mass is 32.1. The van der Waals surface area contributed by atoms with Gasteiger partial charge >= 0.3 is 0 Å². The molecule has 0 fully saturated rings. The standard InChI is InChI=1S/C54H32N2O2.CH4S/c1-2-12-36(13-3-1)55-47-18-8-4-14-38(47)43-28-33(22-25-49(43)55)35-30-42(54-46(31-35)41-17-7-11-21-52(41)58-54)34-23-26-50-44(29-34)39-15-5-9-19-48(39)56(50)37-24-27-53-45(32-37)40-16-6-10-20-51(40)57-53;1-2/h1-32H;2H,1H3. The van der Waals surface area contributed by atoms with E-state index in [0.717, 1.165) is 88.5 Å². The van der Waals surface area contributed by atoms with E-state index in [-0.39, 0.29) is 0 Å². The largest absolute Gasteiger partial charge is 0.456 e. The van der Waals surface area contributed by atoms with E-state index in [0.29, 0.717) is 0 Å². The number of benzene rings is 9. The Kier molecular flexibility index (Phi) is 7.81. The van der Waals surface area contributed by atoms with Crippen molar-refractivity contribution in [3.63, 3.8) is 0 Å². The maximum Gasteiger partial charge on any atom is 0.143 e. The molecule has 5 heteroatoms. The Labute approximate surface area is 350 Å². The topological polar surface area (TPSA) is 36.1 Å². The van der Waals surface area contributed by atoms with Gasteiger partial charge in [0, 0.05) is 60.0 Å². The number of hydrogen-bond donors (Lipinski definition) is 1. The van der Waals surface area contributed by atoms with Crippen LogP contribution < -0.4 is 0 Å². The maximum atomic E-state index is 6.73. The smallest absolute Gasteiger partial charge is 0.143 e. The quantitative estimate of drug-likeness (QED) is 0.180. The highest BCUT2D eigenvalue weighted by molar-refractivity contribution is 7.79. The van der Waals surface area contributed by atoms with Gasteiger partial charge in [0.15, 0.2) is 0 Å². The Balaban J connectivity index is 0.00000191. The zero-order chi connectivity index (χ0) is 39.9. The molecule has 0 N–H and O–H groups in total. The fraction of sp³-hybridized carbons (Fsp3) is 0.0182. The van der Waals surface area contributed by atoms with Gasteiger partial charge in [0.1, 0.15) is 22.3 Å². The first-order chi connectivity index (χ1) is 29.7. The van der Waals surface area contributed by atoms with Crippen LogP contribution in [0, 0.1) is 0 Å². The molecule has 4 aromatic heterocycles. The Bertz CT molecular complexity index is 3810. The Morgan fingerprint density at radius 1 is 0.317 bits per heavy atom. The molecule has 0 aliphatic carbocycles. The van der Waals surface area contributed by atoms with Crippen molar-refractivity contribution in [2.75, 3.05) is 6.26 Å². The van der Waals surface area contributed by atoms with Crippen LogP contribution in [0.25, 0.3) is 121 Å². The van der Waals surface area contributed by atoms with Crippen LogP contribution in [0.5, 0.6) is 0 Å². The number of rotatable bonds is 4. The average molecular weight is 789 g/mol. The summed E-state index contributed by atoms with van der Waals surface area (Å²) in [7, 11) is 0. The van der Waals surface area contributed by atoms with Crippen LogP contribution in [0.4, 0.5) is 0 Å². The van der Waals surface area contributed by atoms with Crippen molar-refractivity contribution in [3.05, 3.63) is 194 Å². The monoisotopic (exact) mass is 788 g/mol. The second kappa shape index (κ2) is 13.6. The van der Waals surface area contributed by atoms with Crippen LogP contribution in [0.15, 0.2) is 203 Å². The molecule has 0 saturated heterocycles. The van der Waals surface area contributed by atoms with E-state index in [1.807, 2.05) is 18.2 Å². The normalized spacial score (nSPS) is 11.8. The van der Waals surface area contributed by atoms with Crippen molar-refractivity contribution >= 4 is 100 Å². The molecule has 284 valence electrons. The molecule has 0 radical (unpaired) electrons.